The number of nitrogens with one attached hydrogen (secondary N) is 1. The van der Waals surface area contributed by atoms with Gasteiger partial charge in [0.1, 0.15) is 28.7 Å². The largest absolute Gasteiger partial charge is 0.508 e. The van der Waals surface area contributed by atoms with E-state index < -0.39 is 17.7 Å². The lowest BCUT2D eigenvalue weighted by atomic mass is 9.73. The molecule has 4 N–H and O–H groups in total. The first-order valence-electron chi connectivity index (χ1n) is 18.3. The molecule has 274 valence electrons. The fraction of sp³-hybridized carbons (Fsp3) is 0.279. The van der Waals surface area contributed by atoms with Crippen molar-refractivity contribution in [3.63, 3.8) is 0 Å². The molecule has 0 saturated carbocycles. The number of aromatic hydroxyl groups is 2. The van der Waals surface area contributed by atoms with Gasteiger partial charge in [-0.2, -0.15) is 0 Å². The fourth-order valence-electron chi connectivity index (χ4n) is 8.82. The summed E-state index contributed by atoms with van der Waals surface area (Å²) in [4.78, 5) is 33.6. The second-order valence-electron chi connectivity index (χ2n) is 14.5. The van der Waals surface area contributed by atoms with E-state index in [0.29, 0.717) is 59.4 Å². The van der Waals surface area contributed by atoms with Gasteiger partial charge in [0.15, 0.2) is 5.60 Å². The molecule has 6 heterocycles. The van der Waals surface area contributed by atoms with Gasteiger partial charge in [0, 0.05) is 65.1 Å². The topological polar surface area (TPSA) is 151 Å². The Morgan fingerprint density at radius 2 is 1.78 bits per heavy atom. The van der Waals surface area contributed by atoms with Crippen LogP contribution in [0.15, 0.2) is 97.7 Å². The molecular weight excluding hydrogens is 686 g/mol. The van der Waals surface area contributed by atoms with Gasteiger partial charge in [-0.3, -0.25) is 14.7 Å². The van der Waals surface area contributed by atoms with Gasteiger partial charge in [0.25, 0.3) is 5.91 Å². The SMILES string of the molecule is C=CC1CN2CCC1C[C@@H]2[C@@H](O)c1ccnc2ccc(OCCCNC(=O)c3ccc4c(c3)C(=O)OC43c4ccc(O)cc4Oc4cc(O)ccc43)cc12. The van der Waals surface area contributed by atoms with E-state index in [4.69, 9.17) is 14.2 Å². The molecule has 4 aromatic carbocycles. The van der Waals surface area contributed by atoms with Crippen LogP contribution in [0, 0.1) is 11.8 Å². The van der Waals surface area contributed by atoms with Gasteiger partial charge in [-0.25, -0.2) is 4.79 Å². The Morgan fingerprint density at radius 1 is 1.02 bits per heavy atom. The summed E-state index contributed by atoms with van der Waals surface area (Å²) in [6, 6.07) is 21.6. The smallest absolute Gasteiger partial charge is 0.340 e. The van der Waals surface area contributed by atoms with Gasteiger partial charge in [0.05, 0.1) is 23.8 Å². The number of hydrogen-bond acceptors (Lipinski definition) is 10. The molecule has 10 rings (SSSR count). The molecule has 1 spiro atoms. The Morgan fingerprint density at radius 3 is 2.50 bits per heavy atom. The van der Waals surface area contributed by atoms with Crippen molar-refractivity contribution < 1.29 is 39.1 Å². The number of aromatic nitrogens is 1. The second-order valence-corrected chi connectivity index (χ2v) is 14.5. The maximum atomic E-state index is 13.4. The van der Waals surface area contributed by atoms with Crippen LogP contribution < -0.4 is 14.8 Å². The third-order valence-corrected chi connectivity index (χ3v) is 11.5. The average Bonchev–Trinajstić information content (AvgIpc) is 3.48. The molecule has 1 aromatic heterocycles. The van der Waals surface area contributed by atoms with E-state index >= 15 is 0 Å². The zero-order valence-corrected chi connectivity index (χ0v) is 29.4. The summed E-state index contributed by atoms with van der Waals surface area (Å²) in [6.07, 6.45) is 5.77. The highest BCUT2D eigenvalue weighted by Gasteiger charge is 2.54. The molecular formula is C43H39N3O8. The van der Waals surface area contributed by atoms with Crippen LogP contribution in [0.3, 0.4) is 0 Å². The number of rotatable bonds is 9. The Balaban J connectivity index is 0.864. The average molecular weight is 726 g/mol. The molecule has 1 amide bonds. The number of nitrogens with zero attached hydrogens (tertiary/aromatic N) is 2. The third-order valence-electron chi connectivity index (χ3n) is 11.5. The van der Waals surface area contributed by atoms with Crippen molar-refractivity contribution in [3.8, 4) is 28.7 Å². The van der Waals surface area contributed by atoms with E-state index in [1.807, 2.05) is 24.3 Å². The quantitative estimate of drug-likeness (QED) is 0.0770. The molecule has 5 aliphatic heterocycles. The molecule has 0 radical (unpaired) electrons. The normalized spacial score (nSPS) is 22.1. The Bertz CT molecular complexity index is 2290. The Labute approximate surface area is 311 Å². The van der Waals surface area contributed by atoms with Crippen LogP contribution in [0.1, 0.15) is 68.3 Å². The summed E-state index contributed by atoms with van der Waals surface area (Å²) < 4.78 is 18.2. The molecule has 5 atom stereocenters. The highest BCUT2D eigenvalue weighted by atomic mass is 16.6. The third kappa shape index (κ3) is 5.54. The van der Waals surface area contributed by atoms with Crippen LogP contribution in [0.2, 0.25) is 0 Å². The van der Waals surface area contributed by atoms with E-state index in [1.54, 1.807) is 30.5 Å². The number of piperidine rings is 3. The first-order valence-corrected chi connectivity index (χ1v) is 18.3. The summed E-state index contributed by atoms with van der Waals surface area (Å²) in [5.41, 5.74) is 2.30. The van der Waals surface area contributed by atoms with Crippen molar-refractivity contribution in [1.82, 2.24) is 15.2 Å². The van der Waals surface area contributed by atoms with Crippen molar-refractivity contribution in [2.24, 2.45) is 11.8 Å². The minimum atomic E-state index is -1.40. The van der Waals surface area contributed by atoms with Crippen LogP contribution in [-0.2, 0) is 10.3 Å². The van der Waals surface area contributed by atoms with Crippen LogP contribution >= 0.6 is 0 Å². The van der Waals surface area contributed by atoms with Crippen molar-refractivity contribution in [3.05, 3.63) is 131 Å². The fourth-order valence-corrected chi connectivity index (χ4v) is 8.82. The van der Waals surface area contributed by atoms with Gasteiger partial charge in [-0.15, -0.1) is 6.58 Å². The molecule has 11 nitrogen and oxygen atoms in total. The number of aliphatic hydroxyl groups is 1. The Kier molecular flexibility index (Phi) is 8.28. The van der Waals surface area contributed by atoms with Crippen LogP contribution in [-0.4, -0.2) is 69.4 Å². The zero-order valence-electron chi connectivity index (χ0n) is 29.4. The summed E-state index contributed by atoms with van der Waals surface area (Å²) in [6.45, 7) is 6.62. The minimum Gasteiger partial charge on any atom is -0.508 e. The maximum Gasteiger partial charge on any atom is 0.340 e. The van der Waals surface area contributed by atoms with Gasteiger partial charge in [-0.05, 0) is 104 Å². The Hall–Kier alpha value is -5.91. The van der Waals surface area contributed by atoms with E-state index in [9.17, 15) is 24.9 Å². The highest BCUT2D eigenvalue weighted by molar-refractivity contribution is 6.01. The summed E-state index contributed by atoms with van der Waals surface area (Å²) in [5, 5.41) is 35.7. The molecule has 0 aliphatic carbocycles. The standard InChI is InChI=1S/C43H39N3O8/c1-2-24-23-46-16-13-25(24)19-37(46)40(49)30-12-15-44-36-11-7-29(22-31(30)36)52-17-3-14-45-41(50)26-4-8-33-32(18-26)42(51)54-43(33)34-9-5-27(47)20-38(34)53-39-21-28(48)6-10-35(39)43/h2,4-12,15,18,20-22,24-25,37,40,47-49H,1,3,13-14,16-17,19,23H2,(H,45,50)/t24?,25?,37-,40+/m1/s1. The number of ether oxygens (including phenoxy) is 3. The van der Waals surface area contributed by atoms with Crippen molar-refractivity contribution in [2.45, 2.75) is 37.0 Å². The predicted molar refractivity (Wildman–Crippen MR) is 199 cm³/mol. The number of pyridine rings is 1. The van der Waals surface area contributed by atoms with Crippen LogP contribution in [0.4, 0.5) is 0 Å². The number of carbonyl (C=O) groups excluding carboxylic acids is 2. The van der Waals surface area contributed by atoms with Gasteiger partial charge < -0.3 is 34.8 Å². The van der Waals surface area contributed by atoms with E-state index in [0.717, 1.165) is 42.4 Å². The van der Waals surface area contributed by atoms with Gasteiger partial charge in [0.2, 0.25) is 0 Å². The number of fused-ring (bicyclic) bond motifs is 10. The molecule has 3 saturated heterocycles. The van der Waals surface area contributed by atoms with Gasteiger partial charge in [-0.1, -0.05) is 12.1 Å². The summed E-state index contributed by atoms with van der Waals surface area (Å²) in [5.74, 6) is 1.21. The molecule has 2 bridgehead atoms. The highest BCUT2D eigenvalue weighted by Crippen LogP contribution is 2.57. The van der Waals surface area contributed by atoms with Crippen molar-refractivity contribution >= 4 is 22.8 Å². The number of esters is 1. The van der Waals surface area contributed by atoms with Crippen molar-refractivity contribution in [1.29, 1.82) is 0 Å². The number of carbonyl (C=O) groups is 2. The number of hydrogen-bond donors (Lipinski definition) is 4. The summed E-state index contributed by atoms with van der Waals surface area (Å²) in [7, 11) is 0. The minimum absolute atomic E-state index is 0.0321. The second kappa shape index (κ2) is 13.2. The number of aliphatic hydroxyl groups excluding tert-OH is 1. The molecule has 5 aromatic rings. The molecule has 3 fully saturated rings. The molecule has 5 aliphatic rings. The van der Waals surface area contributed by atoms with Crippen LogP contribution in [0.5, 0.6) is 28.7 Å². The number of phenolic OH excluding ortho intramolecular Hbond substituents is 2. The lowest BCUT2D eigenvalue weighted by molar-refractivity contribution is -0.0444. The van der Waals surface area contributed by atoms with E-state index in [-0.39, 0.29) is 40.5 Å². The molecule has 11 heteroatoms. The van der Waals surface area contributed by atoms with E-state index in [2.05, 4.69) is 27.9 Å². The monoisotopic (exact) mass is 725 g/mol. The van der Waals surface area contributed by atoms with E-state index in [1.165, 1.54) is 30.3 Å². The van der Waals surface area contributed by atoms with Crippen molar-refractivity contribution in [2.75, 3.05) is 26.2 Å². The molecule has 54 heavy (non-hydrogen) atoms. The van der Waals surface area contributed by atoms with Crippen LogP contribution in [0.25, 0.3) is 10.9 Å². The predicted octanol–water partition coefficient (Wildman–Crippen LogP) is 6.34. The number of phenols is 2. The summed E-state index contributed by atoms with van der Waals surface area (Å²) >= 11 is 0. The lowest BCUT2D eigenvalue weighted by Crippen LogP contribution is -2.54. The maximum absolute atomic E-state index is 13.4. The number of amides is 1. The zero-order chi connectivity index (χ0) is 37.1. The first kappa shape index (κ1) is 33.9. The molecule has 3 unspecified atom stereocenters. The van der Waals surface area contributed by atoms with Gasteiger partial charge >= 0.3 is 5.97 Å². The lowest BCUT2D eigenvalue weighted by Gasteiger charge is -2.50. The number of benzene rings is 4. The first-order chi connectivity index (χ1) is 26.2.